The van der Waals surface area contributed by atoms with Gasteiger partial charge in [-0.2, -0.15) is 13.2 Å². The fourth-order valence-corrected chi connectivity index (χ4v) is 2.07. The highest BCUT2D eigenvalue weighted by Gasteiger charge is 2.34. The van der Waals surface area contributed by atoms with E-state index >= 15 is 0 Å². The second-order valence-corrected chi connectivity index (χ2v) is 4.54. The smallest absolute Gasteiger partial charge is 0.325 e. The first kappa shape index (κ1) is 14.0. The van der Waals surface area contributed by atoms with Gasteiger partial charge in [-0.1, -0.05) is 12.1 Å². The molecule has 0 fully saturated rings. The van der Waals surface area contributed by atoms with E-state index in [0.717, 1.165) is 11.4 Å². The van der Waals surface area contributed by atoms with Crippen LogP contribution in [0.15, 0.2) is 29.8 Å². The minimum absolute atomic E-state index is 0.0417. The quantitative estimate of drug-likeness (QED) is 0.857. The largest absolute Gasteiger partial charge is 0.412 e. The molecule has 0 bridgehead atoms. The van der Waals surface area contributed by atoms with Gasteiger partial charge < -0.3 is 5.73 Å². The summed E-state index contributed by atoms with van der Waals surface area (Å²) in [6, 6.07) is 5.56. The van der Waals surface area contributed by atoms with Crippen molar-refractivity contribution in [1.82, 2.24) is 9.88 Å². The van der Waals surface area contributed by atoms with Crippen LogP contribution in [-0.4, -0.2) is 29.1 Å². The van der Waals surface area contributed by atoms with Crippen molar-refractivity contribution in [2.75, 3.05) is 13.1 Å². The van der Waals surface area contributed by atoms with Crippen molar-refractivity contribution in [3.8, 4) is 0 Å². The molecule has 2 rings (SSSR count). The number of hydrogen-bond donors (Lipinski definition) is 1. The molecule has 2 N–H and O–H groups in total. The molecular weight excluding hydrogens is 255 g/mol. The Morgan fingerprint density at radius 3 is 2.58 bits per heavy atom. The lowest BCUT2D eigenvalue weighted by atomic mass is 10.1. The van der Waals surface area contributed by atoms with Crippen LogP contribution in [0.4, 0.5) is 13.2 Å². The fourth-order valence-electron chi connectivity index (χ4n) is 2.07. The highest BCUT2D eigenvalue weighted by atomic mass is 19.4. The zero-order chi connectivity index (χ0) is 13.9. The summed E-state index contributed by atoms with van der Waals surface area (Å²) < 4.78 is 37.4. The molecule has 0 atom stereocenters. The van der Waals surface area contributed by atoms with E-state index < -0.39 is 11.7 Å². The van der Waals surface area contributed by atoms with E-state index in [4.69, 9.17) is 5.73 Å². The topological polar surface area (TPSA) is 42.1 Å². The highest BCUT2D eigenvalue weighted by molar-refractivity contribution is 5.15. The minimum Gasteiger partial charge on any atom is -0.325 e. The van der Waals surface area contributed by atoms with E-state index in [-0.39, 0.29) is 6.42 Å². The minimum atomic E-state index is -4.19. The van der Waals surface area contributed by atoms with E-state index in [1.807, 2.05) is 23.1 Å². The number of aromatic nitrogens is 1. The average Bonchev–Trinajstić information content (AvgIpc) is 2.38. The first-order chi connectivity index (χ1) is 8.99. The molecule has 0 aliphatic carbocycles. The van der Waals surface area contributed by atoms with E-state index in [2.05, 4.69) is 4.98 Å². The normalized spacial score (nSPS) is 17.4. The molecule has 19 heavy (non-hydrogen) atoms. The van der Waals surface area contributed by atoms with Gasteiger partial charge in [0.15, 0.2) is 0 Å². The van der Waals surface area contributed by atoms with Gasteiger partial charge in [-0.05, 0) is 18.6 Å². The molecule has 2 heterocycles. The lowest BCUT2D eigenvalue weighted by Crippen LogP contribution is -2.31. The predicted molar refractivity (Wildman–Crippen MR) is 66.2 cm³/mol. The summed E-state index contributed by atoms with van der Waals surface area (Å²) in [5.41, 5.74) is 6.72. The second kappa shape index (κ2) is 5.71. The monoisotopic (exact) mass is 271 g/mol. The van der Waals surface area contributed by atoms with Crippen LogP contribution in [0.1, 0.15) is 17.8 Å². The molecule has 1 aliphatic rings. The Labute approximate surface area is 109 Å². The van der Waals surface area contributed by atoms with Crippen molar-refractivity contribution in [2.45, 2.75) is 25.7 Å². The molecule has 0 saturated heterocycles. The Kier molecular flexibility index (Phi) is 4.21. The van der Waals surface area contributed by atoms with Crippen molar-refractivity contribution in [1.29, 1.82) is 0 Å². The molecule has 0 unspecified atom stereocenters. The number of rotatable bonds is 3. The van der Waals surface area contributed by atoms with E-state index in [9.17, 15) is 13.2 Å². The Balaban J connectivity index is 1.97. The molecule has 3 nitrogen and oxygen atoms in total. The first-order valence-corrected chi connectivity index (χ1v) is 6.12. The van der Waals surface area contributed by atoms with E-state index in [0.29, 0.717) is 26.2 Å². The maximum Gasteiger partial charge on any atom is 0.412 e. The van der Waals surface area contributed by atoms with Gasteiger partial charge in [0.1, 0.15) is 0 Å². The van der Waals surface area contributed by atoms with Crippen molar-refractivity contribution >= 4 is 0 Å². The number of pyridine rings is 1. The standard InChI is InChI=1S/C13H16F3N3/c14-13(15,16)10-4-6-19(7-5-10)9-12-3-1-2-11(8-17)18-12/h1-4H,5-9,17H2. The summed E-state index contributed by atoms with van der Waals surface area (Å²) in [6.07, 6.45) is -2.89. The van der Waals surface area contributed by atoms with Crippen molar-refractivity contribution < 1.29 is 13.2 Å². The summed E-state index contributed by atoms with van der Waals surface area (Å²) in [4.78, 5) is 6.29. The number of nitrogens with zero attached hydrogens (tertiary/aromatic N) is 2. The number of nitrogens with two attached hydrogens (primary N) is 1. The van der Waals surface area contributed by atoms with Gasteiger partial charge in [0, 0.05) is 31.8 Å². The zero-order valence-electron chi connectivity index (χ0n) is 10.5. The summed E-state index contributed by atoms with van der Waals surface area (Å²) in [5.74, 6) is 0. The molecule has 0 spiro atoms. The van der Waals surface area contributed by atoms with Crippen LogP contribution in [-0.2, 0) is 13.1 Å². The molecule has 104 valence electrons. The Morgan fingerprint density at radius 2 is 2.00 bits per heavy atom. The molecule has 0 amide bonds. The average molecular weight is 271 g/mol. The summed E-state index contributed by atoms with van der Waals surface area (Å²) in [6.45, 7) is 1.63. The molecule has 0 radical (unpaired) electrons. The van der Waals surface area contributed by atoms with Crippen LogP contribution in [0.2, 0.25) is 0 Å². The molecule has 0 aromatic carbocycles. The summed E-state index contributed by atoms with van der Waals surface area (Å²) in [5, 5.41) is 0. The van der Waals surface area contributed by atoms with Gasteiger partial charge in [-0.3, -0.25) is 9.88 Å². The lowest BCUT2D eigenvalue weighted by molar-refractivity contribution is -0.0960. The van der Waals surface area contributed by atoms with Crippen molar-refractivity contribution in [3.63, 3.8) is 0 Å². The van der Waals surface area contributed by atoms with Crippen LogP contribution in [0.25, 0.3) is 0 Å². The van der Waals surface area contributed by atoms with Gasteiger partial charge in [-0.25, -0.2) is 0 Å². The van der Waals surface area contributed by atoms with Crippen LogP contribution < -0.4 is 5.73 Å². The Bertz CT molecular complexity index is 468. The maximum absolute atomic E-state index is 12.5. The fraction of sp³-hybridized carbons (Fsp3) is 0.462. The Hall–Kier alpha value is -1.40. The number of alkyl halides is 3. The van der Waals surface area contributed by atoms with Gasteiger partial charge in [0.25, 0.3) is 0 Å². The van der Waals surface area contributed by atoms with Crippen molar-refractivity contribution in [2.24, 2.45) is 5.73 Å². The molecule has 1 aromatic heterocycles. The highest BCUT2D eigenvalue weighted by Crippen LogP contribution is 2.30. The van der Waals surface area contributed by atoms with E-state index in [1.54, 1.807) is 0 Å². The Morgan fingerprint density at radius 1 is 1.26 bits per heavy atom. The van der Waals surface area contributed by atoms with Crippen LogP contribution in [0.5, 0.6) is 0 Å². The molecule has 6 heteroatoms. The third-order valence-corrected chi connectivity index (χ3v) is 3.12. The van der Waals surface area contributed by atoms with Crippen LogP contribution in [0.3, 0.4) is 0 Å². The third-order valence-electron chi connectivity index (χ3n) is 3.12. The maximum atomic E-state index is 12.5. The van der Waals surface area contributed by atoms with Crippen LogP contribution in [0, 0.1) is 0 Å². The molecule has 1 aromatic rings. The summed E-state index contributed by atoms with van der Waals surface area (Å²) in [7, 11) is 0. The number of halogens is 3. The van der Waals surface area contributed by atoms with Gasteiger partial charge in [0.05, 0.1) is 11.4 Å². The molecular formula is C13H16F3N3. The molecule has 1 aliphatic heterocycles. The van der Waals surface area contributed by atoms with Gasteiger partial charge in [-0.15, -0.1) is 0 Å². The zero-order valence-corrected chi connectivity index (χ0v) is 10.5. The van der Waals surface area contributed by atoms with E-state index in [1.165, 1.54) is 6.08 Å². The lowest BCUT2D eigenvalue weighted by Gasteiger charge is -2.26. The first-order valence-electron chi connectivity index (χ1n) is 6.12. The molecule has 0 saturated carbocycles. The summed E-state index contributed by atoms with van der Waals surface area (Å²) >= 11 is 0. The SMILES string of the molecule is NCc1cccc(CN2CC=C(C(F)(F)F)CC2)n1. The number of hydrogen-bond acceptors (Lipinski definition) is 3. The second-order valence-electron chi connectivity index (χ2n) is 4.54. The van der Waals surface area contributed by atoms with Crippen LogP contribution >= 0.6 is 0 Å². The predicted octanol–water partition coefficient (Wildman–Crippen LogP) is 2.23. The third kappa shape index (κ3) is 3.78. The van der Waals surface area contributed by atoms with Gasteiger partial charge in [0.2, 0.25) is 0 Å². The van der Waals surface area contributed by atoms with Gasteiger partial charge >= 0.3 is 6.18 Å². The van der Waals surface area contributed by atoms with Crippen molar-refractivity contribution in [3.05, 3.63) is 41.2 Å².